The standard InChI is InChI=1S/C28H48O2/c1-19(2)8-7-9-20(3)23-10-11-24-27(23,5)16-14-25-26(4)15-13-22(30-6)18-21(26)12-17-28(24,25)29/h12,19-20,22-25,29H,7-11,13-18H2,1-6H3/t20-,22?,23?,24?,25?,26?,27?,28?/m1/s1. The maximum atomic E-state index is 12.3. The number of hydrogen-bond donors (Lipinski definition) is 1. The van der Waals surface area contributed by atoms with Crippen LogP contribution in [0.15, 0.2) is 11.6 Å². The first kappa shape index (κ1) is 22.8. The predicted molar refractivity (Wildman–Crippen MR) is 125 cm³/mol. The Kier molecular flexibility index (Phi) is 6.26. The van der Waals surface area contributed by atoms with Crippen molar-refractivity contribution in [3.8, 4) is 0 Å². The predicted octanol–water partition coefficient (Wildman–Crippen LogP) is 7.16. The Morgan fingerprint density at radius 2 is 1.80 bits per heavy atom. The van der Waals surface area contributed by atoms with Gasteiger partial charge in [-0.3, -0.25) is 0 Å². The molecule has 0 amide bonds. The third kappa shape index (κ3) is 3.53. The van der Waals surface area contributed by atoms with E-state index in [1.54, 1.807) is 5.57 Å². The molecule has 0 heterocycles. The first-order chi connectivity index (χ1) is 14.1. The molecule has 0 aromatic rings. The van der Waals surface area contributed by atoms with Crippen molar-refractivity contribution in [3.05, 3.63) is 11.6 Å². The molecule has 0 spiro atoms. The summed E-state index contributed by atoms with van der Waals surface area (Å²) in [5.74, 6) is 3.33. The lowest BCUT2D eigenvalue weighted by Gasteiger charge is -2.62. The Balaban J connectivity index is 1.54. The van der Waals surface area contributed by atoms with Crippen LogP contribution >= 0.6 is 0 Å². The number of methoxy groups -OCH3 is 1. The second-order valence-electron chi connectivity index (χ2n) is 12.6. The fraction of sp³-hybridized carbons (Fsp3) is 0.929. The van der Waals surface area contributed by atoms with Gasteiger partial charge in [0.1, 0.15) is 0 Å². The summed E-state index contributed by atoms with van der Waals surface area (Å²) < 4.78 is 5.72. The van der Waals surface area contributed by atoms with Gasteiger partial charge in [0.05, 0.1) is 11.7 Å². The molecule has 7 unspecified atom stereocenters. The molecule has 4 aliphatic rings. The van der Waals surface area contributed by atoms with Crippen molar-refractivity contribution in [3.63, 3.8) is 0 Å². The molecule has 3 saturated carbocycles. The van der Waals surface area contributed by atoms with Crippen LogP contribution in [-0.4, -0.2) is 23.9 Å². The van der Waals surface area contributed by atoms with Crippen molar-refractivity contribution in [1.82, 2.24) is 0 Å². The maximum absolute atomic E-state index is 12.3. The third-order valence-electron chi connectivity index (χ3n) is 10.7. The molecule has 0 aromatic heterocycles. The highest BCUT2D eigenvalue weighted by atomic mass is 16.5. The van der Waals surface area contributed by atoms with E-state index >= 15 is 0 Å². The van der Waals surface area contributed by atoms with Gasteiger partial charge in [-0.1, -0.05) is 65.5 Å². The molecule has 0 aliphatic heterocycles. The molecule has 4 rings (SSSR count). The van der Waals surface area contributed by atoms with Crippen LogP contribution in [0.5, 0.6) is 0 Å². The van der Waals surface area contributed by atoms with Crippen molar-refractivity contribution < 1.29 is 9.84 Å². The lowest BCUT2D eigenvalue weighted by Crippen LogP contribution is -2.61. The largest absolute Gasteiger partial charge is 0.389 e. The van der Waals surface area contributed by atoms with Gasteiger partial charge >= 0.3 is 0 Å². The van der Waals surface area contributed by atoms with Gasteiger partial charge in [-0.15, -0.1) is 0 Å². The highest BCUT2D eigenvalue weighted by Crippen LogP contribution is 2.68. The molecule has 2 nitrogen and oxygen atoms in total. The van der Waals surface area contributed by atoms with Gasteiger partial charge in [0, 0.05) is 7.11 Å². The summed E-state index contributed by atoms with van der Waals surface area (Å²) in [6, 6.07) is 0. The average molecular weight is 417 g/mol. The van der Waals surface area contributed by atoms with Gasteiger partial charge in [0.15, 0.2) is 0 Å². The zero-order valence-corrected chi connectivity index (χ0v) is 20.7. The SMILES string of the molecule is COC1CCC2(C)C(=CCC3(O)C2CCC2(C)C([C@H](C)CCCC(C)C)CCC23)C1. The van der Waals surface area contributed by atoms with Gasteiger partial charge in [-0.25, -0.2) is 0 Å². The van der Waals surface area contributed by atoms with Crippen LogP contribution in [0.2, 0.25) is 0 Å². The number of rotatable bonds is 6. The van der Waals surface area contributed by atoms with E-state index in [-0.39, 0.29) is 5.41 Å². The maximum Gasteiger partial charge on any atom is 0.0751 e. The monoisotopic (exact) mass is 416 g/mol. The van der Waals surface area contributed by atoms with E-state index in [0.717, 1.165) is 37.0 Å². The van der Waals surface area contributed by atoms with Crippen LogP contribution < -0.4 is 0 Å². The Morgan fingerprint density at radius 3 is 2.50 bits per heavy atom. The Bertz CT molecular complexity index is 653. The summed E-state index contributed by atoms with van der Waals surface area (Å²) >= 11 is 0. The van der Waals surface area contributed by atoms with Crippen LogP contribution in [0, 0.1) is 40.4 Å². The second kappa shape index (κ2) is 8.22. The van der Waals surface area contributed by atoms with Crippen molar-refractivity contribution >= 4 is 0 Å². The fourth-order valence-electron chi connectivity index (χ4n) is 8.94. The molecule has 2 heteroatoms. The highest BCUT2D eigenvalue weighted by molar-refractivity contribution is 5.29. The quantitative estimate of drug-likeness (QED) is 0.466. The summed E-state index contributed by atoms with van der Waals surface area (Å²) in [4.78, 5) is 0. The van der Waals surface area contributed by atoms with Crippen LogP contribution in [0.4, 0.5) is 0 Å². The van der Waals surface area contributed by atoms with Crippen LogP contribution in [0.3, 0.4) is 0 Å². The topological polar surface area (TPSA) is 29.5 Å². The van der Waals surface area contributed by atoms with E-state index in [1.807, 2.05) is 7.11 Å². The molecule has 8 atom stereocenters. The molecule has 3 fully saturated rings. The number of hydrogen-bond acceptors (Lipinski definition) is 2. The van der Waals surface area contributed by atoms with Crippen LogP contribution in [0.1, 0.15) is 105 Å². The van der Waals surface area contributed by atoms with E-state index < -0.39 is 5.60 Å². The first-order valence-corrected chi connectivity index (χ1v) is 13.1. The average Bonchev–Trinajstić information content (AvgIpc) is 3.05. The third-order valence-corrected chi connectivity index (χ3v) is 10.7. The van der Waals surface area contributed by atoms with E-state index in [1.165, 1.54) is 51.4 Å². The lowest BCUT2D eigenvalue weighted by molar-refractivity contribution is -0.182. The highest BCUT2D eigenvalue weighted by Gasteiger charge is 2.65. The fourth-order valence-corrected chi connectivity index (χ4v) is 8.94. The van der Waals surface area contributed by atoms with E-state index in [2.05, 4.69) is 40.7 Å². The Morgan fingerprint density at radius 1 is 1.03 bits per heavy atom. The van der Waals surface area contributed by atoms with Crippen LogP contribution in [0.25, 0.3) is 0 Å². The zero-order chi connectivity index (χ0) is 21.7. The molecule has 1 N–H and O–H groups in total. The smallest absolute Gasteiger partial charge is 0.0751 e. The molecule has 0 aromatic carbocycles. The molecule has 4 aliphatic carbocycles. The Labute approximate surface area is 186 Å². The normalized spacial score (nSPS) is 46.7. The summed E-state index contributed by atoms with van der Waals surface area (Å²) in [7, 11) is 1.86. The summed E-state index contributed by atoms with van der Waals surface area (Å²) in [5.41, 5.74) is 1.62. The van der Waals surface area contributed by atoms with Crippen molar-refractivity contribution in [2.45, 2.75) is 117 Å². The first-order valence-electron chi connectivity index (χ1n) is 13.1. The number of fused-ring (bicyclic) bond motifs is 5. The molecule has 0 saturated heterocycles. The lowest BCUT2D eigenvalue weighted by atomic mass is 9.45. The molecular formula is C28H48O2. The van der Waals surface area contributed by atoms with Crippen molar-refractivity contribution in [2.24, 2.45) is 40.4 Å². The minimum atomic E-state index is -0.489. The molecule has 172 valence electrons. The van der Waals surface area contributed by atoms with Gasteiger partial charge in [0.25, 0.3) is 0 Å². The molecule has 0 bridgehead atoms. The summed E-state index contributed by atoms with van der Waals surface area (Å²) in [6.07, 6.45) is 16.3. The number of ether oxygens (including phenoxy) is 1. The molecule has 0 radical (unpaired) electrons. The minimum absolute atomic E-state index is 0.185. The minimum Gasteiger partial charge on any atom is -0.389 e. The molecule has 30 heavy (non-hydrogen) atoms. The number of aliphatic hydroxyl groups is 1. The Hall–Kier alpha value is -0.340. The summed E-state index contributed by atoms with van der Waals surface area (Å²) in [6.45, 7) is 12.2. The van der Waals surface area contributed by atoms with Gasteiger partial charge in [-0.2, -0.15) is 0 Å². The zero-order valence-electron chi connectivity index (χ0n) is 20.7. The van der Waals surface area contributed by atoms with E-state index in [4.69, 9.17) is 4.74 Å². The van der Waals surface area contributed by atoms with E-state index in [9.17, 15) is 5.11 Å². The van der Waals surface area contributed by atoms with Crippen LogP contribution in [-0.2, 0) is 4.74 Å². The van der Waals surface area contributed by atoms with Gasteiger partial charge in [-0.05, 0) is 91.8 Å². The van der Waals surface area contributed by atoms with Gasteiger partial charge in [0.2, 0.25) is 0 Å². The molecular weight excluding hydrogens is 368 g/mol. The van der Waals surface area contributed by atoms with Crippen molar-refractivity contribution in [2.75, 3.05) is 7.11 Å². The van der Waals surface area contributed by atoms with E-state index in [0.29, 0.717) is 23.4 Å². The summed E-state index contributed by atoms with van der Waals surface area (Å²) in [5, 5.41) is 12.3. The van der Waals surface area contributed by atoms with Crippen molar-refractivity contribution in [1.29, 1.82) is 0 Å². The van der Waals surface area contributed by atoms with Gasteiger partial charge < -0.3 is 9.84 Å². The second-order valence-corrected chi connectivity index (χ2v) is 12.6.